The summed E-state index contributed by atoms with van der Waals surface area (Å²) in [4.78, 5) is 10.4. The van der Waals surface area contributed by atoms with Crippen molar-refractivity contribution in [3.8, 4) is 0 Å². The number of nitrogens with one attached hydrogen (secondary N) is 1. The van der Waals surface area contributed by atoms with E-state index in [1.165, 1.54) is 0 Å². The zero-order chi connectivity index (χ0) is 10.6. The number of aliphatic hydroxyl groups is 1. The van der Waals surface area contributed by atoms with E-state index in [0.717, 1.165) is 11.1 Å². The molecule has 0 fully saturated rings. The fraction of sp³-hybridized carbons (Fsp3) is 0.300. The number of rotatable bonds is 3. The van der Waals surface area contributed by atoms with Crippen LogP contribution in [0.15, 0.2) is 24.3 Å². The molecule has 1 aromatic carbocycles. The van der Waals surface area contributed by atoms with E-state index in [-0.39, 0.29) is 6.61 Å². The summed E-state index contributed by atoms with van der Waals surface area (Å²) in [5.41, 5.74) is 1.86. The molecule has 3 N–H and O–H groups in total. The standard InChI is InChI=1S/C10H13NO3/c1-7-2-4-8(5-3-7)9(6-12)11-10(13)14/h2-5,9,11-12H,6H2,1H3,(H,13,14)/t9-/m1/s1. The minimum absolute atomic E-state index is 0.241. The molecule has 4 nitrogen and oxygen atoms in total. The zero-order valence-electron chi connectivity index (χ0n) is 7.90. The first-order chi connectivity index (χ1) is 6.63. The molecule has 0 aliphatic carbocycles. The predicted molar refractivity (Wildman–Crippen MR) is 52.2 cm³/mol. The highest BCUT2D eigenvalue weighted by molar-refractivity contribution is 5.65. The van der Waals surface area contributed by atoms with Crippen molar-refractivity contribution in [3.05, 3.63) is 35.4 Å². The molecule has 76 valence electrons. The number of hydrogen-bond acceptors (Lipinski definition) is 2. The average molecular weight is 195 g/mol. The van der Waals surface area contributed by atoms with Crippen LogP contribution in [0.2, 0.25) is 0 Å². The van der Waals surface area contributed by atoms with E-state index < -0.39 is 12.1 Å². The minimum Gasteiger partial charge on any atom is -0.465 e. The summed E-state index contributed by atoms with van der Waals surface area (Å²) in [6.45, 7) is 1.71. The maximum atomic E-state index is 10.4. The van der Waals surface area contributed by atoms with Gasteiger partial charge in [-0.25, -0.2) is 4.79 Å². The molecule has 4 heteroatoms. The zero-order valence-corrected chi connectivity index (χ0v) is 7.90. The lowest BCUT2D eigenvalue weighted by molar-refractivity contribution is 0.177. The van der Waals surface area contributed by atoms with E-state index in [4.69, 9.17) is 10.2 Å². The van der Waals surface area contributed by atoms with Crippen molar-refractivity contribution in [2.75, 3.05) is 6.61 Å². The molecule has 1 rings (SSSR count). The fourth-order valence-electron chi connectivity index (χ4n) is 1.18. The van der Waals surface area contributed by atoms with Gasteiger partial charge in [0, 0.05) is 0 Å². The van der Waals surface area contributed by atoms with Crippen LogP contribution in [0.4, 0.5) is 4.79 Å². The molecular formula is C10H13NO3. The number of aliphatic hydroxyl groups excluding tert-OH is 1. The normalized spacial score (nSPS) is 12.1. The minimum atomic E-state index is -1.13. The van der Waals surface area contributed by atoms with Gasteiger partial charge in [0.1, 0.15) is 0 Å². The van der Waals surface area contributed by atoms with Gasteiger partial charge in [-0.1, -0.05) is 29.8 Å². The summed E-state index contributed by atoms with van der Waals surface area (Å²) in [6.07, 6.45) is -1.13. The Morgan fingerprint density at radius 3 is 2.43 bits per heavy atom. The third kappa shape index (κ3) is 2.74. The first-order valence-electron chi connectivity index (χ1n) is 4.30. The topological polar surface area (TPSA) is 69.6 Å². The number of benzene rings is 1. The second kappa shape index (κ2) is 4.62. The molecule has 14 heavy (non-hydrogen) atoms. The van der Waals surface area contributed by atoms with Crippen molar-refractivity contribution < 1.29 is 15.0 Å². The van der Waals surface area contributed by atoms with Gasteiger partial charge in [-0.3, -0.25) is 0 Å². The molecule has 0 unspecified atom stereocenters. The second-order valence-corrected chi connectivity index (χ2v) is 3.10. The van der Waals surface area contributed by atoms with Crippen LogP contribution in [0.1, 0.15) is 17.2 Å². The van der Waals surface area contributed by atoms with Crippen molar-refractivity contribution >= 4 is 6.09 Å². The third-order valence-electron chi connectivity index (χ3n) is 1.96. The summed E-state index contributed by atoms with van der Waals surface area (Å²) >= 11 is 0. The largest absolute Gasteiger partial charge is 0.465 e. The highest BCUT2D eigenvalue weighted by Gasteiger charge is 2.11. The van der Waals surface area contributed by atoms with Crippen LogP contribution in [0, 0.1) is 6.92 Å². The van der Waals surface area contributed by atoms with Gasteiger partial charge in [0.2, 0.25) is 0 Å². The Labute approximate surface area is 82.2 Å². The molecule has 1 amide bonds. The summed E-state index contributed by atoms with van der Waals surface area (Å²) in [5.74, 6) is 0. The van der Waals surface area contributed by atoms with E-state index in [1.807, 2.05) is 19.1 Å². The summed E-state index contributed by atoms with van der Waals surface area (Å²) in [6, 6.07) is 6.80. The van der Waals surface area contributed by atoms with Crippen molar-refractivity contribution in [3.63, 3.8) is 0 Å². The Kier molecular flexibility index (Phi) is 3.48. The van der Waals surface area contributed by atoms with Gasteiger partial charge >= 0.3 is 6.09 Å². The number of aryl methyl sites for hydroxylation is 1. The van der Waals surface area contributed by atoms with E-state index in [9.17, 15) is 4.79 Å². The molecule has 0 aliphatic rings. The number of hydrogen-bond donors (Lipinski definition) is 3. The summed E-state index contributed by atoms with van der Waals surface area (Å²) < 4.78 is 0. The van der Waals surface area contributed by atoms with Crippen molar-refractivity contribution in [2.45, 2.75) is 13.0 Å². The Morgan fingerprint density at radius 2 is 2.00 bits per heavy atom. The number of carbonyl (C=O) groups is 1. The smallest absolute Gasteiger partial charge is 0.405 e. The Hall–Kier alpha value is -1.55. The maximum Gasteiger partial charge on any atom is 0.405 e. The lowest BCUT2D eigenvalue weighted by atomic mass is 10.1. The highest BCUT2D eigenvalue weighted by Crippen LogP contribution is 2.12. The molecule has 1 atom stereocenters. The fourth-order valence-corrected chi connectivity index (χ4v) is 1.18. The molecule has 0 saturated carbocycles. The molecule has 0 spiro atoms. The van der Waals surface area contributed by atoms with Crippen molar-refractivity contribution in [2.24, 2.45) is 0 Å². The van der Waals surface area contributed by atoms with E-state index in [0.29, 0.717) is 0 Å². The molecule has 1 aromatic rings. The quantitative estimate of drug-likeness (QED) is 0.680. The monoisotopic (exact) mass is 195 g/mol. The van der Waals surface area contributed by atoms with Gasteiger partial charge in [-0.05, 0) is 12.5 Å². The highest BCUT2D eigenvalue weighted by atomic mass is 16.4. The molecule has 0 aromatic heterocycles. The Morgan fingerprint density at radius 1 is 1.43 bits per heavy atom. The lowest BCUT2D eigenvalue weighted by Crippen LogP contribution is -2.29. The number of amides is 1. The molecular weight excluding hydrogens is 182 g/mol. The van der Waals surface area contributed by atoms with Crippen LogP contribution >= 0.6 is 0 Å². The third-order valence-corrected chi connectivity index (χ3v) is 1.96. The van der Waals surface area contributed by atoms with E-state index in [1.54, 1.807) is 12.1 Å². The predicted octanol–water partition coefficient (Wildman–Crippen LogP) is 1.30. The van der Waals surface area contributed by atoms with Crippen LogP contribution in [0.5, 0.6) is 0 Å². The van der Waals surface area contributed by atoms with Crippen LogP contribution in [-0.2, 0) is 0 Å². The molecule has 0 radical (unpaired) electrons. The maximum absolute atomic E-state index is 10.4. The van der Waals surface area contributed by atoms with Gasteiger partial charge in [0.25, 0.3) is 0 Å². The number of carboxylic acid groups (broad SMARTS) is 1. The van der Waals surface area contributed by atoms with Crippen LogP contribution in [-0.4, -0.2) is 22.9 Å². The summed E-state index contributed by atoms with van der Waals surface area (Å²) in [5, 5.41) is 19.7. The van der Waals surface area contributed by atoms with Crippen LogP contribution in [0.25, 0.3) is 0 Å². The van der Waals surface area contributed by atoms with Crippen molar-refractivity contribution in [1.82, 2.24) is 5.32 Å². The van der Waals surface area contributed by atoms with Crippen molar-refractivity contribution in [1.29, 1.82) is 0 Å². The van der Waals surface area contributed by atoms with Gasteiger partial charge in [0.05, 0.1) is 12.6 Å². The van der Waals surface area contributed by atoms with Gasteiger partial charge in [-0.15, -0.1) is 0 Å². The van der Waals surface area contributed by atoms with Crippen LogP contribution in [0.3, 0.4) is 0 Å². The molecule has 0 bridgehead atoms. The first kappa shape index (κ1) is 10.5. The SMILES string of the molecule is Cc1ccc([C@@H](CO)NC(=O)O)cc1. The first-order valence-corrected chi connectivity index (χ1v) is 4.30. The van der Waals surface area contributed by atoms with E-state index in [2.05, 4.69) is 5.32 Å². The van der Waals surface area contributed by atoms with Crippen LogP contribution < -0.4 is 5.32 Å². The molecule has 0 saturated heterocycles. The van der Waals surface area contributed by atoms with E-state index >= 15 is 0 Å². The Balaban J connectivity index is 2.78. The van der Waals surface area contributed by atoms with Gasteiger partial charge in [-0.2, -0.15) is 0 Å². The Bertz CT molecular complexity index is 308. The lowest BCUT2D eigenvalue weighted by Gasteiger charge is -2.14. The molecule has 0 aliphatic heterocycles. The second-order valence-electron chi connectivity index (χ2n) is 3.10. The average Bonchev–Trinajstić information content (AvgIpc) is 2.15. The molecule has 0 heterocycles. The van der Waals surface area contributed by atoms with Gasteiger partial charge < -0.3 is 15.5 Å². The van der Waals surface area contributed by atoms with Gasteiger partial charge in [0.15, 0.2) is 0 Å². The summed E-state index contributed by atoms with van der Waals surface area (Å²) in [7, 11) is 0.